The fourth-order valence-electron chi connectivity index (χ4n) is 1.97. The van der Waals surface area contributed by atoms with E-state index in [0.29, 0.717) is 6.04 Å². The molecule has 3 nitrogen and oxygen atoms in total. The third-order valence-electron chi connectivity index (χ3n) is 2.77. The lowest BCUT2D eigenvalue weighted by atomic mass is 10.1. The predicted molar refractivity (Wildman–Crippen MR) is 56.0 cm³/mol. The minimum Gasteiger partial charge on any atom is -0.466 e. The molecular weight excluding hydrogens is 178 g/mol. The van der Waals surface area contributed by atoms with Gasteiger partial charge in [-0.3, -0.25) is 0 Å². The van der Waals surface area contributed by atoms with Gasteiger partial charge in [0.1, 0.15) is 0 Å². The summed E-state index contributed by atoms with van der Waals surface area (Å²) in [4.78, 5) is 13.3. The van der Waals surface area contributed by atoms with Crippen LogP contribution in [-0.4, -0.2) is 37.1 Å². The van der Waals surface area contributed by atoms with Gasteiger partial charge in [0.2, 0.25) is 0 Å². The second kappa shape index (κ2) is 5.81. The standard InChI is InChI=1S/C11H19NO2/c1-3-12-9-5-7-10(12)6-4-8-11(13)14-2/h4,8,10H,3,5-7,9H2,1-2H3/b8-4-. The molecule has 80 valence electrons. The van der Waals surface area contributed by atoms with Crippen molar-refractivity contribution in [2.24, 2.45) is 0 Å². The average molecular weight is 197 g/mol. The number of likely N-dealkylation sites (tertiary alicyclic amines) is 1. The predicted octanol–water partition coefficient (Wildman–Crippen LogP) is 1.59. The number of methoxy groups -OCH3 is 1. The van der Waals surface area contributed by atoms with Gasteiger partial charge in [-0.05, 0) is 32.4 Å². The van der Waals surface area contributed by atoms with Crippen LogP contribution in [0, 0.1) is 0 Å². The van der Waals surface area contributed by atoms with Gasteiger partial charge in [0, 0.05) is 12.1 Å². The van der Waals surface area contributed by atoms with Crippen LogP contribution in [-0.2, 0) is 9.53 Å². The van der Waals surface area contributed by atoms with Crippen LogP contribution in [0.4, 0.5) is 0 Å². The molecule has 14 heavy (non-hydrogen) atoms. The maximum Gasteiger partial charge on any atom is 0.330 e. The van der Waals surface area contributed by atoms with E-state index in [0.717, 1.165) is 13.0 Å². The molecule has 0 bridgehead atoms. The topological polar surface area (TPSA) is 29.5 Å². The van der Waals surface area contributed by atoms with Gasteiger partial charge in [0.25, 0.3) is 0 Å². The van der Waals surface area contributed by atoms with E-state index in [9.17, 15) is 4.79 Å². The molecule has 1 atom stereocenters. The highest BCUT2D eigenvalue weighted by Gasteiger charge is 2.21. The van der Waals surface area contributed by atoms with Crippen LogP contribution in [0.25, 0.3) is 0 Å². The first-order valence-corrected chi connectivity index (χ1v) is 5.26. The quantitative estimate of drug-likeness (QED) is 0.506. The lowest BCUT2D eigenvalue weighted by molar-refractivity contribution is -0.134. The number of esters is 1. The monoisotopic (exact) mass is 197 g/mol. The zero-order valence-electron chi connectivity index (χ0n) is 9.03. The Morgan fingerprint density at radius 3 is 3.07 bits per heavy atom. The summed E-state index contributed by atoms with van der Waals surface area (Å²) in [6.07, 6.45) is 6.93. The minimum absolute atomic E-state index is 0.258. The molecule has 1 heterocycles. The molecule has 1 unspecified atom stereocenters. The molecule has 0 aromatic heterocycles. The molecule has 0 amide bonds. The van der Waals surface area contributed by atoms with Crippen molar-refractivity contribution in [2.75, 3.05) is 20.2 Å². The fourth-order valence-corrected chi connectivity index (χ4v) is 1.97. The van der Waals surface area contributed by atoms with Crippen molar-refractivity contribution < 1.29 is 9.53 Å². The first-order chi connectivity index (χ1) is 6.77. The van der Waals surface area contributed by atoms with Crippen molar-refractivity contribution in [1.82, 2.24) is 4.90 Å². The van der Waals surface area contributed by atoms with Crippen LogP contribution >= 0.6 is 0 Å². The zero-order valence-corrected chi connectivity index (χ0v) is 9.03. The van der Waals surface area contributed by atoms with E-state index in [1.54, 1.807) is 0 Å². The average Bonchev–Trinajstić information content (AvgIpc) is 2.65. The van der Waals surface area contributed by atoms with Crippen molar-refractivity contribution in [2.45, 2.75) is 32.2 Å². The summed E-state index contributed by atoms with van der Waals surface area (Å²) < 4.78 is 4.53. The van der Waals surface area contributed by atoms with E-state index < -0.39 is 0 Å². The van der Waals surface area contributed by atoms with Gasteiger partial charge in [0.15, 0.2) is 0 Å². The summed E-state index contributed by atoms with van der Waals surface area (Å²) in [5.41, 5.74) is 0. The number of carbonyl (C=O) groups is 1. The SMILES string of the molecule is CCN1CCCC1C/C=C\C(=O)OC. The first-order valence-electron chi connectivity index (χ1n) is 5.26. The first kappa shape index (κ1) is 11.2. The fraction of sp³-hybridized carbons (Fsp3) is 0.727. The largest absolute Gasteiger partial charge is 0.466 e. The number of hydrogen-bond donors (Lipinski definition) is 0. The molecule has 0 saturated carbocycles. The third-order valence-corrected chi connectivity index (χ3v) is 2.77. The Hall–Kier alpha value is -0.830. The normalized spacial score (nSPS) is 23.1. The Labute approximate surface area is 85.7 Å². The lowest BCUT2D eigenvalue weighted by Crippen LogP contribution is -2.28. The molecule has 0 aromatic rings. The number of ether oxygens (including phenoxy) is 1. The van der Waals surface area contributed by atoms with Crippen LogP contribution in [0.5, 0.6) is 0 Å². The molecular formula is C11H19NO2. The van der Waals surface area contributed by atoms with Gasteiger partial charge in [0.05, 0.1) is 7.11 Å². The molecule has 0 radical (unpaired) electrons. The maximum absolute atomic E-state index is 10.8. The second-order valence-electron chi connectivity index (χ2n) is 3.59. The third kappa shape index (κ3) is 3.14. The number of carbonyl (C=O) groups excluding carboxylic acids is 1. The van der Waals surface area contributed by atoms with Crippen LogP contribution in [0.2, 0.25) is 0 Å². The summed E-state index contributed by atoms with van der Waals surface area (Å²) >= 11 is 0. The smallest absolute Gasteiger partial charge is 0.330 e. The minimum atomic E-state index is -0.258. The lowest BCUT2D eigenvalue weighted by Gasteiger charge is -2.20. The van der Waals surface area contributed by atoms with Gasteiger partial charge < -0.3 is 9.64 Å². The summed E-state index contributed by atoms with van der Waals surface area (Å²) in [6, 6.07) is 0.626. The van der Waals surface area contributed by atoms with Gasteiger partial charge in [-0.2, -0.15) is 0 Å². The van der Waals surface area contributed by atoms with Crippen molar-refractivity contribution >= 4 is 5.97 Å². The Balaban J connectivity index is 2.30. The van der Waals surface area contributed by atoms with Crippen molar-refractivity contribution in [3.05, 3.63) is 12.2 Å². The summed E-state index contributed by atoms with van der Waals surface area (Å²) in [5, 5.41) is 0. The van der Waals surface area contributed by atoms with Crippen LogP contribution in [0.1, 0.15) is 26.2 Å². The number of rotatable bonds is 4. The molecule has 1 aliphatic heterocycles. The van der Waals surface area contributed by atoms with Gasteiger partial charge in [-0.15, -0.1) is 0 Å². The molecule has 1 saturated heterocycles. The molecule has 0 N–H and O–H groups in total. The highest BCUT2D eigenvalue weighted by Crippen LogP contribution is 2.19. The Morgan fingerprint density at radius 2 is 2.43 bits per heavy atom. The molecule has 3 heteroatoms. The summed E-state index contributed by atoms with van der Waals surface area (Å²) in [5.74, 6) is -0.258. The van der Waals surface area contributed by atoms with Crippen LogP contribution in [0.15, 0.2) is 12.2 Å². The summed E-state index contributed by atoms with van der Waals surface area (Å²) in [7, 11) is 1.40. The highest BCUT2D eigenvalue weighted by molar-refractivity contribution is 5.81. The van der Waals surface area contributed by atoms with E-state index in [4.69, 9.17) is 0 Å². The van der Waals surface area contributed by atoms with E-state index in [1.165, 1.54) is 32.6 Å². The second-order valence-corrected chi connectivity index (χ2v) is 3.59. The van der Waals surface area contributed by atoms with Crippen molar-refractivity contribution in [1.29, 1.82) is 0 Å². The molecule has 1 aliphatic rings. The van der Waals surface area contributed by atoms with Crippen molar-refractivity contribution in [3.63, 3.8) is 0 Å². The van der Waals surface area contributed by atoms with Crippen LogP contribution < -0.4 is 0 Å². The van der Waals surface area contributed by atoms with E-state index in [1.807, 2.05) is 6.08 Å². The number of nitrogens with zero attached hydrogens (tertiary/aromatic N) is 1. The van der Waals surface area contributed by atoms with Gasteiger partial charge in [-0.25, -0.2) is 4.79 Å². The van der Waals surface area contributed by atoms with Crippen LogP contribution in [0.3, 0.4) is 0 Å². The van der Waals surface area contributed by atoms with Gasteiger partial charge in [-0.1, -0.05) is 13.0 Å². The molecule has 1 fully saturated rings. The molecule has 0 aromatic carbocycles. The van der Waals surface area contributed by atoms with E-state index in [-0.39, 0.29) is 5.97 Å². The molecule has 1 rings (SSSR count). The maximum atomic E-state index is 10.8. The zero-order chi connectivity index (χ0) is 10.4. The van der Waals surface area contributed by atoms with E-state index >= 15 is 0 Å². The Morgan fingerprint density at radius 1 is 1.64 bits per heavy atom. The molecule has 0 aliphatic carbocycles. The number of hydrogen-bond acceptors (Lipinski definition) is 3. The summed E-state index contributed by atoms with van der Waals surface area (Å²) in [6.45, 7) is 4.49. The molecule has 0 spiro atoms. The van der Waals surface area contributed by atoms with Crippen molar-refractivity contribution in [3.8, 4) is 0 Å². The Bertz CT molecular complexity index is 213. The van der Waals surface area contributed by atoms with E-state index in [2.05, 4.69) is 16.6 Å². The Kier molecular flexibility index (Phi) is 4.66. The highest BCUT2D eigenvalue weighted by atomic mass is 16.5. The van der Waals surface area contributed by atoms with Gasteiger partial charge >= 0.3 is 5.97 Å².